The molecule has 6 nitrogen and oxygen atoms in total. The smallest absolute Gasteiger partial charge is 0.418 e. The fourth-order valence-electron chi connectivity index (χ4n) is 4.28. The van der Waals surface area contributed by atoms with E-state index in [2.05, 4.69) is 5.10 Å². The number of nitrogens with zero attached hydrogens (tertiary/aromatic N) is 3. The van der Waals surface area contributed by atoms with Crippen LogP contribution in [0.4, 0.5) is 23.2 Å². The molecule has 1 aromatic heterocycles. The molecule has 0 aliphatic rings. The molecular weight excluding hydrogens is 514 g/mol. The van der Waals surface area contributed by atoms with Gasteiger partial charge in [-0.15, -0.1) is 0 Å². The second kappa shape index (κ2) is 11.2. The Hall–Kier alpha value is -4.34. The highest BCUT2D eigenvalue weighted by molar-refractivity contribution is 5.87. The molecule has 4 aromatic rings. The number of carboxylic acid groups (broad SMARTS) is 1. The zero-order chi connectivity index (χ0) is 28.3. The van der Waals surface area contributed by atoms with Gasteiger partial charge in [-0.3, -0.25) is 0 Å². The van der Waals surface area contributed by atoms with Gasteiger partial charge in [0.25, 0.3) is 0 Å². The molecule has 0 spiro atoms. The van der Waals surface area contributed by atoms with Crippen LogP contribution in [0.5, 0.6) is 5.75 Å². The monoisotopic (exact) mass is 541 g/mol. The Morgan fingerprint density at radius 3 is 2.41 bits per heavy atom. The number of rotatable bonds is 9. The minimum atomic E-state index is -4.77. The SMILES string of the molecule is CC(C)c1cnn(-c2c(F)cccc2C(F)(F)F)c1COc1ccc(N(C)Cc2cccc(C(=O)O)c2)cc1. The van der Waals surface area contributed by atoms with Crippen molar-refractivity contribution < 1.29 is 32.2 Å². The van der Waals surface area contributed by atoms with Crippen molar-refractivity contribution in [3.8, 4) is 11.4 Å². The number of ether oxygens (including phenoxy) is 1. The molecule has 39 heavy (non-hydrogen) atoms. The third-order valence-electron chi connectivity index (χ3n) is 6.27. The largest absolute Gasteiger partial charge is 0.487 e. The fraction of sp³-hybridized carbons (Fsp3) is 0.241. The third kappa shape index (κ3) is 6.22. The lowest BCUT2D eigenvalue weighted by molar-refractivity contribution is -0.137. The topological polar surface area (TPSA) is 67.6 Å². The molecule has 0 saturated heterocycles. The summed E-state index contributed by atoms with van der Waals surface area (Å²) in [6.07, 6.45) is -3.33. The molecule has 0 saturated carbocycles. The second-order valence-corrected chi connectivity index (χ2v) is 9.39. The fourth-order valence-corrected chi connectivity index (χ4v) is 4.28. The number of hydrogen-bond acceptors (Lipinski definition) is 4. The van der Waals surface area contributed by atoms with E-state index in [0.717, 1.165) is 34.1 Å². The van der Waals surface area contributed by atoms with E-state index in [0.29, 0.717) is 23.6 Å². The van der Waals surface area contributed by atoms with Gasteiger partial charge in [0.05, 0.1) is 23.0 Å². The van der Waals surface area contributed by atoms with Crippen molar-refractivity contribution in [3.05, 3.63) is 107 Å². The Morgan fingerprint density at radius 2 is 1.77 bits per heavy atom. The highest BCUT2D eigenvalue weighted by Gasteiger charge is 2.36. The molecular formula is C29H27F4N3O3. The summed E-state index contributed by atoms with van der Waals surface area (Å²) in [5, 5.41) is 13.3. The van der Waals surface area contributed by atoms with Gasteiger partial charge in [-0.1, -0.05) is 32.0 Å². The van der Waals surface area contributed by atoms with Crippen LogP contribution in [0.2, 0.25) is 0 Å². The Balaban J connectivity index is 1.55. The lowest BCUT2D eigenvalue weighted by Crippen LogP contribution is -2.17. The highest BCUT2D eigenvalue weighted by atomic mass is 19.4. The number of aromatic nitrogens is 2. The molecule has 0 bridgehead atoms. The van der Waals surface area contributed by atoms with E-state index in [-0.39, 0.29) is 18.1 Å². The van der Waals surface area contributed by atoms with Crippen molar-refractivity contribution in [2.24, 2.45) is 0 Å². The molecule has 0 fully saturated rings. The number of carbonyl (C=O) groups is 1. The number of para-hydroxylation sites is 1. The van der Waals surface area contributed by atoms with E-state index >= 15 is 0 Å². The Labute approximate surface area is 223 Å². The number of hydrogen-bond donors (Lipinski definition) is 1. The number of halogens is 4. The average Bonchev–Trinajstić information content (AvgIpc) is 3.31. The van der Waals surface area contributed by atoms with Gasteiger partial charge in [0.1, 0.15) is 23.9 Å². The summed E-state index contributed by atoms with van der Waals surface area (Å²) in [6, 6.07) is 16.6. The minimum absolute atomic E-state index is 0.0888. The quantitative estimate of drug-likeness (QED) is 0.230. The number of carboxylic acids is 1. The number of anilines is 1. The van der Waals surface area contributed by atoms with Crippen LogP contribution in [0.25, 0.3) is 5.69 Å². The number of benzene rings is 3. The Morgan fingerprint density at radius 1 is 1.08 bits per heavy atom. The molecule has 0 aliphatic heterocycles. The van der Waals surface area contributed by atoms with Crippen LogP contribution in [-0.4, -0.2) is 27.9 Å². The highest BCUT2D eigenvalue weighted by Crippen LogP contribution is 2.36. The minimum Gasteiger partial charge on any atom is -0.487 e. The van der Waals surface area contributed by atoms with E-state index in [4.69, 9.17) is 4.74 Å². The first-order chi connectivity index (χ1) is 18.5. The van der Waals surface area contributed by atoms with E-state index < -0.39 is 29.2 Å². The Bertz CT molecular complexity index is 1460. The predicted molar refractivity (Wildman–Crippen MR) is 139 cm³/mol. The number of alkyl halides is 3. The maximum atomic E-state index is 14.7. The molecule has 10 heteroatoms. The molecule has 204 valence electrons. The molecule has 1 heterocycles. The van der Waals surface area contributed by atoms with Gasteiger partial charge in [0.2, 0.25) is 0 Å². The first kappa shape index (κ1) is 27.7. The standard InChI is InChI=1S/C29H27F4N3O3/c1-18(2)23-15-34-36(27-24(29(31,32)33)8-5-9-25(27)30)26(23)17-39-22-12-10-21(11-13-22)35(3)16-19-6-4-7-20(14-19)28(37)38/h4-15,18H,16-17H2,1-3H3,(H,37,38). The van der Waals surface area contributed by atoms with Gasteiger partial charge in [0, 0.05) is 19.3 Å². The van der Waals surface area contributed by atoms with E-state index in [9.17, 15) is 27.5 Å². The van der Waals surface area contributed by atoms with E-state index in [1.54, 1.807) is 24.3 Å². The lowest BCUT2D eigenvalue weighted by Gasteiger charge is -2.20. The van der Waals surface area contributed by atoms with Gasteiger partial charge in [-0.25, -0.2) is 13.9 Å². The molecule has 0 aliphatic carbocycles. The summed E-state index contributed by atoms with van der Waals surface area (Å²) < 4.78 is 62.7. The van der Waals surface area contributed by atoms with Crippen LogP contribution in [0.3, 0.4) is 0 Å². The van der Waals surface area contributed by atoms with Crippen LogP contribution in [-0.2, 0) is 19.3 Å². The second-order valence-electron chi connectivity index (χ2n) is 9.39. The van der Waals surface area contributed by atoms with Crippen molar-refractivity contribution in [1.29, 1.82) is 0 Å². The van der Waals surface area contributed by atoms with Gasteiger partial charge >= 0.3 is 12.1 Å². The zero-order valence-electron chi connectivity index (χ0n) is 21.5. The summed E-state index contributed by atoms with van der Waals surface area (Å²) in [4.78, 5) is 13.2. The van der Waals surface area contributed by atoms with Crippen LogP contribution in [0.1, 0.15) is 52.5 Å². The molecule has 0 unspecified atom stereocenters. The van der Waals surface area contributed by atoms with Crippen LogP contribution < -0.4 is 9.64 Å². The summed E-state index contributed by atoms with van der Waals surface area (Å²) >= 11 is 0. The van der Waals surface area contributed by atoms with Crippen molar-refractivity contribution in [2.45, 2.75) is 39.1 Å². The molecule has 3 aromatic carbocycles. The van der Waals surface area contributed by atoms with E-state index in [1.807, 2.05) is 44.0 Å². The van der Waals surface area contributed by atoms with Gasteiger partial charge < -0.3 is 14.7 Å². The Kier molecular flexibility index (Phi) is 7.94. The molecule has 0 radical (unpaired) electrons. The van der Waals surface area contributed by atoms with Gasteiger partial charge in [-0.2, -0.15) is 18.3 Å². The van der Waals surface area contributed by atoms with E-state index in [1.165, 1.54) is 12.3 Å². The maximum Gasteiger partial charge on any atom is 0.418 e. The van der Waals surface area contributed by atoms with Crippen molar-refractivity contribution in [1.82, 2.24) is 9.78 Å². The van der Waals surface area contributed by atoms with Crippen LogP contribution in [0.15, 0.2) is 72.9 Å². The maximum absolute atomic E-state index is 14.7. The summed E-state index contributed by atoms with van der Waals surface area (Å²) in [7, 11) is 1.86. The van der Waals surface area contributed by atoms with Crippen molar-refractivity contribution in [2.75, 3.05) is 11.9 Å². The summed E-state index contributed by atoms with van der Waals surface area (Å²) in [5.41, 5.74) is 1.06. The first-order valence-electron chi connectivity index (χ1n) is 12.1. The van der Waals surface area contributed by atoms with Gasteiger partial charge in [-0.05, 0) is 65.6 Å². The first-order valence-corrected chi connectivity index (χ1v) is 12.1. The van der Waals surface area contributed by atoms with Crippen molar-refractivity contribution >= 4 is 11.7 Å². The van der Waals surface area contributed by atoms with Crippen LogP contribution >= 0.6 is 0 Å². The third-order valence-corrected chi connectivity index (χ3v) is 6.27. The average molecular weight is 542 g/mol. The van der Waals surface area contributed by atoms with Crippen LogP contribution in [0, 0.1) is 5.82 Å². The summed E-state index contributed by atoms with van der Waals surface area (Å²) in [6.45, 7) is 4.08. The molecule has 1 N–H and O–H groups in total. The summed E-state index contributed by atoms with van der Waals surface area (Å²) in [5.74, 6) is -1.65. The zero-order valence-corrected chi connectivity index (χ0v) is 21.5. The van der Waals surface area contributed by atoms with Gasteiger partial charge in [0.15, 0.2) is 0 Å². The number of aromatic carboxylic acids is 1. The molecule has 4 rings (SSSR count). The molecule has 0 atom stereocenters. The lowest BCUT2D eigenvalue weighted by atomic mass is 10.0. The van der Waals surface area contributed by atoms with Crippen molar-refractivity contribution in [3.63, 3.8) is 0 Å². The predicted octanol–water partition coefficient (Wildman–Crippen LogP) is 7.07. The normalized spacial score (nSPS) is 11.6. The molecule has 0 amide bonds.